The summed E-state index contributed by atoms with van der Waals surface area (Å²) >= 11 is 4.93. The van der Waals surface area contributed by atoms with Crippen LogP contribution in [-0.2, 0) is 22.7 Å². The van der Waals surface area contributed by atoms with E-state index in [4.69, 9.17) is 16.3 Å². The van der Waals surface area contributed by atoms with E-state index in [1.807, 2.05) is 39.0 Å². The van der Waals surface area contributed by atoms with Gasteiger partial charge in [-0.25, -0.2) is 0 Å². The number of benzene rings is 1. The smallest absolute Gasteiger partial charge is 0.136 e. The molecule has 20 heavy (non-hydrogen) atoms. The summed E-state index contributed by atoms with van der Waals surface area (Å²) in [5.74, 6) is 0. The van der Waals surface area contributed by atoms with Crippen molar-refractivity contribution >= 4 is 23.0 Å². The molecule has 0 spiro atoms. The molecule has 0 aliphatic rings. The van der Waals surface area contributed by atoms with Crippen LogP contribution in [0.2, 0.25) is 5.02 Å². The van der Waals surface area contributed by atoms with Gasteiger partial charge in [-0.1, -0.05) is 24.6 Å². The molecule has 0 aliphatic heterocycles. The average Bonchev–Trinajstić information content (AvgIpc) is 2.35. The first-order valence-electron chi connectivity index (χ1n) is 6.75. The van der Waals surface area contributed by atoms with Crippen LogP contribution >= 0.6 is 11.6 Å². The molecule has 0 radical (unpaired) electrons. The summed E-state index contributed by atoms with van der Waals surface area (Å²) in [5, 5.41) is 0.688. The molecule has 5 heteroatoms. The molecule has 114 valence electrons. The molecular weight excluding hydrogens is 294 g/mol. The van der Waals surface area contributed by atoms with Crippen LogP contribution in [0.5, 0.6) is 0 Å². The van der Waals surface area contributed by atoms with Crippen LogP contribution in [0.3, 0.4) is 0 Å². The van der Waals surface area contributed by atoms with Crippen molar-refractivity contribution in [1.82, 2.24) is 4.72 Å². The van der Waals surface area contributed by atoms with Crippen molar-refractivity contribution in [2.75, 3.05) is 7.11 Å². The van der Waals surface area contributed by atoms with Gasteiger partial charge in [0.2, 0.25) is 0 Å². The summed E-state index contributed by atoms with van der Waals surface area (Å²) in [7, 11) is 1.66. The third-order valence-electron chi connectivity index (χ3n) is 2.99. The van der Waals surface area contributed by atoms with Crippen LogP contribution < -0.4 is 4.72 Å². The summed E-state index contributed by atoms with van der Waals surface area (Å²) < 4.78 is 20.4. The van der Waals surface area contributed by atoms with Gasteiger partial charge in [-0.15, -0.1) is 4.72 Å². The van der Waals surface area contributed by atoms with Crippen molar-refractivity contribution in [1.29, 1.82) is 0 Å². The van der Waals surface area contributed by atoms with Gasteiger partial charge in [0, 0.05) is 23.5 Å². The van der Waals surface area contributed by atoms with E-state index in [0.29, 0.717) is 11.6 Å². The molecule has 0 fully saturated rings. The number of hydrogen-bond donors (Lipinski definition) is 1. The standard InChI is InChI=1S/C15H24ClNO2S/c1-6-14(17-20(18)15(2,3)4)13-8-7-12(16)9-11(13)10-19-5/h7-9,14,17H,6,10H2,1-5H3/t14-,20?/m0/s1. The Morgan fingerprint density at radius 1 is 1.40 bits per heavy atom. The highest BCUT2D eigenvalue weighted by molar-refractivity contribution is 7.90. The van der Waals surface area contributed by atoms with E-state index in [0.717, 1.165) is 17.5 Å². The number of ether oxygens (including phenoxy) is 1. The van der Waals surface area contributed by atoms with Gasteiger partial charge >= 0.3 is 0 Å². The molecule has 0 aromatic heterocycles. The monoisotopic (exact) mass is 317 g/mol. The molecule has 2 atom stereocenters. The van der Waals surface area contributed by atoms with Crippen molar-refractivity contribution in [3.05, 3.63) is 34.3 Å². The zero-order valence-corrected chi connectivity index (χ0v) is 14.4. The molecular formula is C15H24ClNO2S. The minimum atomic E-state index is -1.11. The van der Waals surface area contributed by atoms with E-state index in [1.165, 1.54) is 0 Å². The van der Waals surface area contributed by atoms with Crippen LogP contribution in [0, 0.1) is 0 Å². The topological polar surface area (TPSA) is 44.3 Å². The lowest BCUT2D eigenvalue weighted by Gasteiger charge is -2.28. The maximum Gasteiger partial charge on any atom is 0.136 e. The molecule has 0 amide bonds. The quantitative estimate of drug-likeness (QED) is 0.807. The van der Waals surface area contributed by atoms with E-state index >= 15 is 0 Å². The van der Waals surface area contributed by atoms with Gasteiger partial charge in [0.15, 0.2) is 0 Å². The Labute approximate surface area is 130 Å². The van der Waals surface area contributed by atoms with E-state index in [1.54, 1.807) is 7.11 Å². The largest absolute Gasteiger partial charge is 0.598 e. The number of rotatable bonds is 6. The van der Waals surface area contributed by atoms with E-state index in [2.05, 4.69) is 11.6 Å². The SMILES string of the molecule is CC[C@H](N[S+]([O-])C(C)(C)C)c1ccc(Cl)cc1COC. The predicted octanol–water partition coefficient (Wildman–Crippen LogP) is 3.99. The third-order valence-corrected chi connectivity index (χ3v) is 4.84. The lowest BCUT2D eigenvalue weighted by Crippen LogP contribution is -2.41. The molecule has 1 N–H and O–H groups in total. The maximum absolute atomic E-state index is 12.3. The van der Waals surface area contributed by atoms with Crippen molar-refractivity contribution in [3.63, 3.8) is 0 Å². The van der Waals surface area contributed by atoms with Crippen LogP contribution in [0.1, 0.15) is 51.3 Å². The van der Waals surface area contributed by atoms with Crippen LogP contribution in [0.15, 0.2) is 18.2 Å². The molecule has 0 saturated carbocycles. The molecule has 3 nitrogen and oxygen atoms in total. The van der Waals surface area contributed by atoms with Crippen LogP contribution in [-0.4, -0.2) is 16.4 Å². The highest BCUT2D eigenvalue weighted by atomic mass is 35.5. The fourth-order valence-corrected chi connectivity index (χ4v) is 2.97. The van der Waals surface area contributed by atoms with Crippen LogP contribution in [0.25, 0.3) is 0 Å². The first-order valence-corrected chi connectivity index (χ1v) is 8.27. The van der Waals surface area contributed by atoms with Gasteiger partial charge in [-0.2, -0.15) is 0 Å². The second-order valence-electron chi connectivity index (χ2n) is 5.74. The molecule has 1 aromatic rings. The van der Waals surface area contributed by atoms with Gasteiger partial charge in [0.05, 0.1) is 12.6 Å². The predicted molar refractivity (Wildman–Crippen MR) is 86.2 cm³/mol. The van der Waals surface area contributed by atoms with E-state index in [9.17, 15) is 4.55 Å². The lowest BCUT2D eigenvalue weighted by molar-refractivity contribution is 0.183. The number of halogens is 1. The average molecular weight is 318 g/mol. The Hall–Kier alpha value is -0.260. The second-order valence-corrected chi connectivity index (χ2v) is 8.17. The summed E-state index contributed by atoms with van der Waals surface area (Å²) in [6.45, 7) is 8.45. The van der Waals surface area contributed by atoms with Crippen molar-refractivity contribution in [2.45, 2.75) is 51.5 Å². The Bertz CT molecular complexity index is 434. The minimum absolute atomic E-state index is 0.0254. The van der Waals surface area contributed by atoms with Crippen molar-refractivity contribution in [2.24, 2.45) is 0 Å². The highest BCUT2D eigenvalue weighted by Gasteiger charge is 2.29. The number of nitrogens with one attached hydrogen (secondary N) is 1. The summed E-state index contributed by atoms with van der Waals surface area (Å²) in [6, 6.07) is 5.78. The third kappa shape index (κ3) is 4.93. The Kier molecular flexibility index (Phi) is 6.82. The van der Waals surface area contributed by atoms with Crippen molar-refractivity contribution < 1.29 is 9.29 Å². The van der Waals surface area contributed by atoms with Gasteiger partial charge in [0.1, 0.15) is 4.75 Å². The first kappa shape index (κ1) is 17.8. The Morgan fingerprint density at radius 3 is 2.55 bits per heavy atom. The van der Waals surface area contributed by atoms with Gasteiger partial charge in [-0.05, 0) is 50.5 Å². The number of methoxy groups -OCH3 is 1. The fraction of sp³-hybridized carbons (Fsp3) is 0.600. The summed E-state index contributed by atoms with van der Waals surface area (Å²) in [6.07, 6.45) is 0.847. The minimum Gasteiger partial charge on any atom is -0.598 e. The fourth-order valence-electron chi connectivity index (χ4n) is 1.87. The zero-order valence-electron chi connectivity index (χ0n) is 12.8. The molecule has 1 rings (SSSR count). The molecule has 0 saturated heterocycles. The second kappa shape index (κ2) is 7.66. The molecule has 1 aromatic carbocycles. The highest BCUT2D eigenvalue weighted by Crippen LogP contribution is 2.27. The summed E-state index contributed by atoms with van der Waals surface area (Å²) in [4.78, 5) is 0. The Balaban J connectivity index is 3.00. The lowest BCUT2D eigenvalue weighted by atomic mass is 9.99. The number of hydrogen-bond acceptors (Lipinski definition) is 3. The Morgan fingerprint density at radius 2 is 2.05 bits per heavy atom. The van der Waals surface area contributed by atoms with Crippen molar-refractivity contribution in [3.8, 4) is 0 Å². The molecule has 0 heterocycles. The normalized spacial score (nSPS) is 15.2. The maximum atomic E-state index is 12.3. The van der Waals surface area contributed by atoms with E-state index in [-0.39, 0.29) is 10.8 Å². The summed E-state index contributed by atoms with van der Waals surface area (Å²) in [5.41, 5.74) is 2.13. The van der Waals surface area contributed by atoms with Gasteiger partial charge in [-0.3, -0.25) is 0 Å². The van der Waals surface area contributed by atoms with E-state index < -0.39 is 11.4 Å². The first-order chi connectivity index (χ1) is 9.29. The van der Waals surface area contributed by atoms with Gasteiger partial charge in [0.25, 0.3) is 0 Å². The molecule has 0 bridgehead atoms. The van der Waals surface area contributed by atoms with Gasteiger partial charge < -0.3 is 9.29 Å². The van der Waals surface area contributed by atoms with Crippen LogP contribution in [0.4, 0.5) is 0 Å². The molecule has 0 aliphatic carbocycles. The molecule has 1 unspecified atom stereocenters. The zero-order chi connectivity index (χ0) is 15.3.